The van der Waals surface area contributed by atoms with Gasteiger partial charge in [0.1, 0.15) is 15.0 Å². The Bertz CT molecular complexity index is 536. The highest BCUT2D eigenvalue weighted by Crippen LogP contribution is 2.27. The second-order valence-corrected chi connectivity index (χ2v) is 4.49. The van der Waals surface area contributed by atoms with E-state index in [4.69, 9.17) is 16.7 Å². The predicted molar refractivity (Wildman–Crippen MR) is 62.1 cm³/mol. The zero-order chi connectivity index (χ0) is 11.7. The number of carboxylic acids is 1. The summed E-state index contributed by atoms with van der Waals surface area (Å²) in [7, 11) is 0. The third-order valence-electron chi connectivity index (χ3n) is 1.97. The van der Waals surface area contributed by atoms with E-state index in [-0.39, 0.29) is 4.88 Å². The molecule has 0 bridgehead atoms. The van der Waals surface area contributed by atoms with E-state index in [0.717, 1.165) is 16.9 Å². The van der Waals surface area contributed by atoms with Gasteiger partial charge in [-0.25, -0.2) is 14.8 Å². The van der Waals surface area contributed by atoms with Gasteiger partial charge in [-0.2, -0.15) is 0 Å². The summed E-state index contributed by atoms with van der Waals surface area (Å²) in [6.45, 7) is 1.67. The van der Waals surface area contributed by atoms with E-state index in [9.17, 15) is 4.79 Å². The van der Waals surface area contributed by atoms with Crippen molar-refractivity contribution in [3.63, 3.8) is 0 Å². The first-order valence-electron chi connectivity index (χ1n) is 4.40. The van der Waals surface area contributed by atoms with Crippen molar-refractivity contribution >= 4 is 28.9 Å². The molecule has 0 aliphatic heterocycles. The number of pyridine rings is 1. The predicted octanol–water partition coefficient (Wildman–Crippen LogP) is 2.87. The van der Waals surface area contributed by atoms with Gasteiger partial charge in [-0.05, 0) is 19.1 Å². The molecule has 0 radical (unpaired) electrons. The molecule has 0 unspecified atom stereocenters. The van der Waals surface area contributed by atoms with Crippen molar-refractivity contribution in [2.24, 2.45) is 0 Å². The number of aromatic carboxylic acids is 1. The van der Waals surface area contributed by atoms with Crippen LogP contribution in [-0.4, -0.2) is 21.0 Å². The summed E-state index contributed by atoms with van der Waals surface area (Å²) in [5.74, 6) is -0.955. The highest BCUT2D eigenvalue weighted by Gasteiger charge is 2.14. The van der Waals surface area contributed by atoms with E-state index in [1.54, 1.807) is 25.3 Å². The Morgan fingerprint density at radius 2 is 2.25 bits per heavy atom. The molecule has 0 aromatic carbocycles. The number of thiazole rings is 1. The van der Waals surface area contributed by atoms with Crippen LogP contribution >= 0.6 is 22.9 Å². The van der Waals surface area contributed by atoms with Gasteiger partial charge < -0.3 is 5.11 Å². The average Bonchev–Trinajstić information content (AvgIpc) is 2.61. The van der Waals surface area contributed by atoms with Gasteiger partial charge in [-0.3, -0.25) is 0 Å². The van der Waals surface area contributed by atoms with Crippen LogP contribution < -0.4 is 0 Å². The Labute approximate surface area is 101 Å². The van der Waals surface area contributed by atoms with Crippen molar-refractivity contribution in [1.82, 2.24) is 9.97 Å². The lowest BCUT2D eigenvalue weighted by Gasteiger charge is -1.94. The molecule has 0 saturated carbocycles. The number of hydrogen-bond acceptors (Lipinski definition) is 4. The van der Waals surface area contributed by atoms with Crippen LogP contribution in [0.3, 0.4) is 0 Å². The highest BCUT2D eigenvalue weighted by molar-refractivity contribution is 7.17. The molecule has 0 aliphatic rings. The normalized spacial score (nSPS) is 10.4. The molecule has 0 atom stereocenters. The number of nitrogens with zero attached hydrogens (tertiary/aromatic N) is 2. The Morgan fingerprint density at radius 3 is 2.75 bits per heavy atom. The van der Waals surface area contributed by atoms with Gasteiger partial charge in [0.15, 0.2) is 0 Å². The number of carboxylic acid groups (broad SMARTS) is 1. The molecule has 16 heavy (non-hydrogen) atoms. The number of aryl methyl sites for hydroxylation is 1. The van der Waals surface area contributed by atoms with Crippen LogP contribution in [0.15, 0.2) is 18.3 Å². The Hall–Kier alpha value is -1.46. The first-order valence-corrected chi connectivity index (χ1v) is 5.60. The van der Waals surface area contributed by atoms with Crippen molar-refractivity contribution in [2.45, 2.75) is 6.92 Å². The first-order chi connectivity index (χ1) is 7.58. The van der Waals surface area contributed by atoms with Crippen LogP contribution in [0.4, 0.5) is 0 Å². The quantitative estimate of drug-likeness (QED) is 0.837. The minimum absolute atomic E-state index is 0.255. The maximum absolute atomic E-state index is 10.9. The van der Waals surface area contributed by atoms with Crippen LogP contribution in [0.2, 0.25) is 5.15 Å². The highest BCUT2D eigenvalue weighted by atomic mass is 35.5. The van der Waals surface area contributed by atoms with Gasteiger partial charge in [-0.15, -0.1) is 11.3 Å². The molecule has 0 aliphatic carbocycles. The second-order valence-electron chi connectivity index (χ2n) is 3.11. The lowest BCUT2D eigenvalue weighted by atomic mass is 10.3. The summed E-state index contributed by atoms with van der Waals surface area (Å²) < 4.78 is 0. The van der Waals surface area contributed by atoms with E-state index >= 15 is 0 Å². The molecule has 4 nitrogen and oxygen atoms in total. The van der Waals surface area contributed by atoms with Gasteiger partial charge >= 0.3 is 5.97 Å². The van der Waals surface area contributed by atoms with E-state index in [2.05, 4.69) is 9.97 Å². The maximum Gasteiger partial charge on any atom is 0.347 e. The van der Waals surface area contributed by atoms with Crippen molar-refractivity contribution in [3.8, 4) is 10.6 Å². The Morgan fingerprint density at radius 1 is 1.50 bits per heavy atom. The summed E-state index contributed by atoms with van der Waals surface area (Å²) in [6, 6.07) is 3.41. The fraction of sp³-hybridized carbons (Fsp3) is 0.100. The lowest BCUT2D eigenvalue weighted by molar-refractivity contribution is 0.0701. The largest absolute Gasteiger partial charge is 0.477 e. The van der Waals surface area contributed by atoms with E-state index in [1.807, 2.05) is 0 Å². The van der Waals surface area contributed by atoms with Crippen molar-refractivity contribution in [2.75, 3.05) is 0 Å². The van der Waals surface area contributed by atoms with Gasteiger partial charge in [-0.1, -0.05) is 11.6 Å². The van der Waals surface area contributed by atoms with Crippen LogP contribution in [0, 0.1) is 6.92 Å². The first kappa shape index (κ1) is 11.0. The molecular formula is C10H7ClN2O2S. The molecule has 82 valence electrons. The molecule has 0 spiro atoms. The third kappa shape index (κ3) is 2.05. The summed E-state index contributed by atoms with van der Waals surface area (Å²) in [5, 5.41) is 9.94. The zero-order valence-electron chi connectivity index (χ0n) is 8.27. The number of halogens is 1. The molecule has 2 aromatic rings. The van der Waals surface area contributed by atoms with E-state index < -0.39 is 5.97 Å². The smallest absolute Gasteiger partial charge is 0.347 e. The minimum atomic E-state index is -0.955. The number of carbonyl (C=O) groups is 1. The van der Waals surface area contributed by atoms with E-state index in [0.29, 0.717) is 15.9 Å². The average molecular weight is 255 g/mol. The molecule has 2 heterocycles. The Kier molecular flexibility index (Phi) is 2.89. The summed E-state index contributed by atoms with van der Waals surface area (Å²) in [5.41, 5.74) is 1.28. The summed E-state index contributed by atoms with van der Waals surface area (Å²) >= 11 is 6.80. The molecule has 6 heteroatoms. The number of hydrogen-bond donors (Lipinski definition) is 1. The van der Waals surface area contributed by atoms with Gasteiger partial charge in [0, 0.05) is 11.8 Å². The monoisotopic (exact) mass is 254 g/mol. The van der Waals surface area contributed by atoms with Crippen LogP contribution in [-0.2, 0) is 0 Å². The number of aromatic nitrogens is 2. The standard InChI is InChI=1S/C10H7ClN2O2S/c1-5-8(10(14)15)16-9(13-5)6-2-3-7(11)12-4-6/h2-4H,1H3,(H,14,15). The molecule has 0 saturated heterocycles. The molecule has 2 rings (SSSR count). The summed E-state index contributed by atoms with van der Waals surface area (Å²) in [4.78, 5) is 19.2. The number of rotatable bonds is 2. The Balaban J connectivity index is 2.45. The van der Waals surface area contributed by atoms with E-state index in [1.165, 1.54) is 0 Å². The SMILES string of the molecule is Cc1nc(-c2ccc(Cl)nc2)sc1C(=O)O. The molecular weight excluding hydrogens is 248 g/mol. The third-order valence-corrected chi connectivity index (χ3v) is 3.38. The van der Waals surface area contributed by atoms with Crippen LogP contribution in [0.5, 0.6) is 0 Å². The van der Waals surface area contributed by atoms with Crippen molar-refractivity contribution in [3.05, 3.63) is 34.1 Å². The van der Waals surface area contributed by atoms with Gasteiger partial charge in [0.05, 0.1) is 5.69 Å². The molecule has 1 N–H and O–H groups in total. The van der Waals surface area contributed by atoms with Gasteiger partial charge in [0.2, 0.25) is 0 Å². The second kappa shape index (κ2) is 4.19. The lowest BCUT2D eigenvalue weighted by Crippen LogP contribution is -1.94. The maximum atomic E-state index is 10.9. The molecule has 2 aromatic heterocycles. The van der Waals surface area contributed by atoms with Crippen LogP contribution in [0.25, 0.3) is 10.6 Å². The van der Waals surface area contributed by atoms with Crippen molar-refractivity contribution < 1.29 is 9.90 Å². The van der Waals surface area contributed by atoms with Gasteiger partial charge in [0.25, 0.3) is 0 Å². The molecule has 0 amide bonds. The molecule has 0 fully saturated rings. The zero-order valence-corrected chi connectivity index (χ0v) is 9.84. The van der Waals surface area contributed by atoms with Crippen LogP contribution in [0.1, 0.15) is 15.4 Å². The topological polar surface area (TPSA) is 63.1 Å². The summed E-state index contributed by atoms with van der Waals surface area (Å²) in [6.07, 6.45) is 1.58. The van der Waals surface area contributed by atoms with Crippen molar-refractivity contribution in [1.29, 1.82) is 0 Å². The fourth-order valence-electron chi connectivity index (χ4n) is 1.22. The minimum Gasteiger partial charge on any atom is -0.477 e. The fourth-order valence-corrected chi connectivity index (χ4v) is 2.23.